The standard InChI is InChI=1S/C14H24N4O/c1-11(2)18(4)9-5-7-17-14(19)12-6-8-16-10-13(12)15-3/h6,8,10-11,15H,5,7,9H2,1-4H3,(H,17,19). The summed E-state index contributed by atoms with van der Waals surface area (Å²) in [4.78, 5) is 18.3. The number of nitrogens with zero attached hydrogens (tertiary/aromatic N) is 2. The van der Waals surface area contributed by atoms with Gasteiger partial charge in [-0.3, -0.25) is 9.78 Å². The van der Waals surface area contributed by atoms with E-state index < -0.39 is 0 Å². The molecule has 0 atom stereocenters. The lowest BCUT2D eigenvalue weighted by Gasteiger charge is -2.20. The Morgan fingerprint density at radius 2 is 2.21 bits per heavy atom. The zero-order valence-electron chi connectivity index (χ0n) is 12.2. The minimum atomic E-state index is -0.0565. The molecular weight excluding hydrogens is 240 g/mol. The van der Waals surface area contributed by atoms with Gasteiger partial charge in [-0.05, 0) is 39.9 Å². The largest absolute Gasteiger partial charge is 0.386 e. The van der Waals surface area contributed by atoms with Crippen molar-refractivity contribution in [3.05, 3.63) is 24.0 Å². The molecule has 0 aromatic carbocycles. The van der Waals surface area contributed by atoms with Crippen LogP contribution in [0.5, 0.6) is 0 Å². The van der Waals surface area contributed by atoms with E-state index in [4.69, 9.17) is 0 Å². The fourth-order valence-corrected chi connectivity index (χ4v) is 1.68. The van der Waals surface area contributed by atoms with Crippen molar-refractivity contribution in [1.82, 2.24) is 15.2 Å². The van der Waals surface area contributed by atoms with Crippen LogP contribution >= 0.6 is 0 Å². The van der Waals surface area contributed by atoms with Crippen LogP contribution in [0.3, 0.4) is 0 Å². The maximum absolute atomic E-state index is 12.0. The number of carbonyl (C=O) groups is 1. The lowest BCUT2D eigenvalue weighted by atomic mass is 10.2. The van der Waals surface area contributed by atoms with E-state index in [1.807, 2.05) is 0 Å². The zero-order valence-corrected chi connectivity index (χ0v) is 12.2. The Labute approximate surface area is 115 Å². The third-order valence-electron chi connectivity index (χ3n) is 3.19. The van der Waals surface area contributed by atoms with Crippen LogP contribution in [0.2, 0.25) is 0 Å². The van der Waals surface area contributed by atoms with E-state index in [2.05, 4.69) is 41.4 Å². The second-order valence-electron chi connectivity index (χ2n) is 4.86. The molecule has 1 rings (SSSR count). The molecule has 0 saturated carbocycles. The molecule has 1 aromatic rings. The van der Waals surface area contributed by atoms with E-state index in [1.54, 1.807) is 25.5 Å². The van der Waals surface area contributed by atoms with E-state index in [1.165, 1.54) is 0 Å². The van der Waals surface area contributed by atoms with Gasteiger partial charge in [0.15, 0.2) is 0 Å². The highest BCUT2D eigenvalue weighted by Gasteiger charge is 2.10. The summed E-state index contributed by atoms with van der Waals surface area (Å²) in [6.07, 6.45) is 4.23. The quantitative estimate of drug-likeness (QED) is 0.734. The number of pyridine rings is 1. The number of rotatable bonds is 7. The summed E-state index contributed by atoms with van der Waals surface area (Å²) < 4.78 is 0. The van der Waals surface area contributed by atoms with Gasteiger partial charge in [0.05, 0.1) is 17.4 Å². The molecule has 0 spiro atoms. The van der Waals surface area contributed by atoms with Crippen molar-refractivity contribution in [2.45, 2.75) is 26.3 Å². The van der Waals surface area contributed by atoms with Gasteiger partial charge in [0, 0.05) is 25.8 Å². The maximum atomic E-state index is 12.0. The van der Waals surface area contributed by atoms with Gasteiger partial charge in [0.2, 0.25) is 0 Å². The Bertz CT molecular complexity index is 406. The summed E-state index contributed by atoms with van der Waals surface area (Å²) in [5.41, 5.74) is 1.38. The van der Waals surface area contributed by atoms with Crippen LogP contribution in [0.1, 0.15) is 30.6 Å². The van der Waals surface area contributed by atoms with Gasteiger partial charge < -0.3 is 15.5 Å². The predicted octanol–water partition coefficient (Wildman–Crippen LogP) is 1.58. The topological polar surface area (TPSA) is 57.3 Å². The molecule has 19 heavy (non-hydrogen) atoms. The van der Waals surface area contributed by atoms with Crippen molar-refractivity contribution in [3.63, 3.8) is 0 Å². The fraction of sp³-hybridized carbons (Fsp3) is 0.571. The molecule has 0 radical (unpaired) electrons. The Hall–Kier alpha value is -1.62. The van der Waals surface area contributed by atoms with E-state index in [0.29, 0.717) is 18.2 Å². The molecule has 5 heteroatoms. The second-order valence-corrected chi connectivity index (χ2v) is 4.86. The van der Waals surface area contributed by atoms with Gasteiger partial charge in [-0.15, -0.1) is 0 Å². The molecule has 1 amide bonds. The van der Waals surface area contributed by atoms with Crippen LogP contribution in [-0.2, 0) is 0 Å². The lowest BCUT2D eigenvalue weighted by molar-refractivity contribution is 0.0952. The minimum absolute atomic E-state index is 0.0565. The highest BCUT2D eigenvalue weighted by Crippen LogP contribution is 2.11. The van der Waals surface area contributed by atoms with Gasteiger partial charge in [-0.25, -0.2) is 0 Å². The summed E-state index contributed by atoms with van der Waals surface area (Å²) in [6, 6.07) is 2.26. The molecule has 0 unspecified atom stereocenters. The van der Waals surface area contributed by atoms with Crippen molar-refractivity contribution in [3.8, 4) is 0 Å². The summed E-state index contributed by atoms with van der Waals surface area (Å²) in [5, 5.41) is 5.90. The summed E-state index contributed by atoms with van der Waals surface area (Å²) in [6.45, 7) is 5.98. The highest BCUT2D eigenvalue weighted by atomic mass is 16.1. The number of hydrogen-bond acceptors (Lipinski definition) is 4. The Balaban J connectivity index is 2.39. The summed E-state index contributed by atoms with van der Waals surface area (Å²) >= 11 is 0. The van der Waals surface area contributed by atoms with Crippen LogP contribution < -0.4 is 10.6 Å². The van der Waals surface area contributed by atoms with Crippen molar-refractivity contribution < 1.29 is 4.79 Å². The molecule has 1 heterocycles. The normalized spacial score (nSPS) is 10.8. The number of aromatic nitrogens is 1. The van der Waals surface area contributed by atoms with Gasteiger partial charge in [0.25, 0.3) is 5.91 Å². The first-order valence-corrected chi connectivity index (χ1v) is 6.66. The molecule has 0 fully saturated rings. The minimum Gasteiger partial charge on any atom is -0.386 e. The predicted molar refractivity (Wildman–Crippen MR) is 78.5 cm³/mol. The number of anilines is 1. The smallest absolute Gasteiger partial charge is 0.253 e. The van der Waals surface area contributed by atoms with Gasteiger partial charge in [0.1, 0.15) is 0 Å². The van der Waals surface area contributed by atoms with Crippen molar-refractivity contribution >= 4 is 11.6 Å². The molecular formula is C14H24N4O. The number of amides is 1. The molecule has 1 aromatic heterocycles. The number of hydrogen-bond donors (Lipinski definition) is 2. The molecule has 0 aliphatic heterocycles. The second kappa shape index (κ2) is 7.74. The average molecular weight is 264 g/mol. The Kier molecular flexibility index (Phi) is 6.29. The number of nitrogens with one attached hydrogen (secondary N) is 2. The first kappa shape index (κ1) is 15.4. The monoisotopic (exact) mass is 264 g/mol. The van der Waals surface area contributed by atoms with E-state index >= 15 is 0 Å². The third kappa shape index (κ3) is 4.87. The lowest BCUT2D eigenvalue weighted by Crippen LogP contribution is -2.31. The van der Waals surface area contributed by atoms with Crippen LogP contribution in [-0.4, -0.2) is 49.0 Å². The summed E-state index contributed by atoms with van der Waals surface area (Å²) in [5.74, 6) is -0.0565. The van der Waals surface area contributed by atoms with Crippen LogP contribution in [0.15, 0.2) is 18.5 Å². The van der Waals surface area contributed by atoms with Crippen molar-refractivity contribution in [1.29, 1.82) is 0 Å². The van der Waals surface area contributed by atoms with Crippen molar-refractivity contribution in [2.75, 3.05) is 32.5 Å². The van der Waals surface area contributed by atoms with E-state index in [-0.39, 0.29) is 5.91 Å². The molecule has 0 aliphatic carbocycles. The summed E-state index contributed by atoms with van der Waals surface area (Å²) in [7, 11) is 3.87. The van der Waals surface area contributed by atoms with Crippen molar-refractivity contribution in [2.24, 2.45) is 0 Å². The first-order valence-electron chi connectivity index (χ1n) is 6.66. The van der Waals surface area contributed by atoms with Crippen LogP contribution in [0, 0.1) is 0 Å². The fourth-order valence-electron chi connectivity index (χ4n) is 1.68. The van der Waals surface area contributed by atoms with Gasteiger partial charge in [-0.2, -0.15) is 0 Å². The van der Waals surface area contributed by atoms with Crippen LogP contribution in [0.25, 0.3) is 0 Å². The molecule has 2 N–H and O–H groups in total. The van der Waals surface area contributed by atoms with Crippen LogP contribution in [0.4, 0.5) is 5.69 Å². The molecule has 5 nitrogen and oxygen atoms in total. The highest BCUT2D eigenvalue weighted by molar-refractivity contribution is 5.99. The van der Waals surface area contributed by atoms with E-state index in [0.717, 1.165) is 18.7 Å². The van der Waals surface area contributed by atoms with E-state index in [9.17, 15) is 4.79 Å². The molecule has 106 valence electrons. The van der Waals surface area contributed by atoms with Gasteiger partial charge in [-0.1, -0.05) is 0 Å². The van der Waals surface area contributed by atoms with Gasteiger partial charge >= 0.3 is 0 Å². The third-order valence-corrected chi connectivity index (χ3v) is 3.19. The Morgan fingerprint density at radius 1 is 1.47 bits per heavy atom. The number of carbonyl (C=O) groups excluding carboxylic acids is 1. The molecule has 0 saturated heterocycles. The molecule has 0 aliphatic rings. The SMILES string of the molecule is CNc1cnccc1C(=O)NCCCN(C)C(C)C. The average Bonchev–Trinajstić information content (AvgIpc) is 2.42. The maximum Gasteiger partial charge on any atom is 0.253 e. The molecule has 0 bridgehead atoms. The zero-order chi connectivity index (χ0) is 14.3. The first-order chi connectivity index (χ1) is 9.06. The Morgan fingerprint density at radius 3 is 2.84 bits per heavy atom.